The maximum absolute atomic E-state index is 11.5. The van der Waals surface area contributed by atoms with Crippen molar-refractivity contribution in [3.63, 3.8) is 0 Å². The summed E-state index contributed by atoms with van der Waals surface area (Å²) in [5.41, 5.74) is 1.32. The molecule has 2 heterocycles. The molecule has 0 aliphatic carbocycles. The molecule has 0 unspecified atom stereocenters. The summed E-state index contributed by atoms with van der Waals surface area (Å²) in [6.45, 7) is 2.63. The number of nitrogens with zero attached hydrogens (tertiary/aromatic N) is 2. The molecule has 1 aliphatic rings. The third kappa shape index (κ3) is 3.85. The largest absolute Gasteiger partial charge is 0.497 e. The molecule has 0 saturated carbocycles. The molecule has 1 atom stereocenters. The van der Waals surface area contributed by atoms with Gasteiger partial charge in [0.1, 0.15) is 12.0 Å². The predicted molar refractivity (Wildman–Crippen MR) is 102 cm³/mol. The van der Waals surface area contributed by atoms with Crippen LogP contribution in [-0.4, -0.2) is 49.8 Å². The van der Waals surface area contributed by atoms with Crippen LogP contribution in [0.15, 0.2) is 47.1 Å². The quantitative estimate of drug-likeness (QED) is 0.627. The molecule has 1 aromatic heterocycles. The van der Waals surface area contributed by atoms with Crippen molar-refractivity contribution in [2.75, 3.05) is 33.9 Å². The SMILES string of the molecule is COC(=O)c1coc(CN2CCO[C@H](c3ccc4cc(OC)ccc4c3)C2)n1. The number of oxazole rings is 1. The Morgan fingerprint density at radius 2 is 2.04 bits per heavy atom. The summed E-state index contributed by atoms with van der Waals surface area (Å²) in [5.74, 6) is 0.840. The minimum Gasteiger partial charge on any atom is -0.497 e. The number of benzene rings is 2. The van der Waals surface area contributed by atoms with E-state index in [0.717, 1.165) is 35.2 Å². The lowest BCUT2D eigenvalue weighted by Crippen LogP contribution is -2.37. The second kappa shape index (κ2) is 8.00. The molecule has 0 amide bonds. The van der Waals surface area contributed by atoms with E-state index in [2.05, 4.69) is 38.9 Å². The fourth-order valence-electron chi connectivity index (χ4n) is 3.39. The average Bonchev–Trinajstić information content (AvgIpc) is 3.21. The first-order chi connectivity index (χ1) is 13.7. The van der Waals surface area contributed by atoms with E-state index in [9.17, 15) is 4.79 Å². The predicted octanol–water partition coefficient (Wildman–Crippen LogP) is 3.20. The Balaban J connectivity index is 1.46. The van der Waals surface area contributed by atoms with Crippen molar-refractivity contribution in [3.05, 3.63) is 59.8 Å². The van der Waals surface area contributed by atoms with Crippen LogP contribution in [0, 0.1) is 0 Å². The number of aromatic nitrogens is 1. The van der Waals surface area contributed by atoms with E-state index in [1.54, 1.807) is 7.11 Å². The first-order valence-electron chi connectivity index (χ1n) is 9.10. The second-order valence-corrected chi connectivity index (χ2v) is 6.69. The molecule has 7 heteroatoms. The van der Waals surface area contributed by atoms with E-state index in [1.807, 2.05) is 12.1 Å². The Morgan fingerprint density at radius 1 is 1.21 bits per heavy atom. The molecule has 0 spiro atoms. The van der Waals surface area contributed by atoms with Gasteiger partial charge in [-0.1, -0.05) is 18.2 Å². The Hall–Kier alpha value is -2.90. The molecule has 7 nitrogen and oxygen atoms in total. The van der Waals surface area contributed by atoms with Crippen molar-refractivity contribution < 1.29 is 23.4 Å². The average molecular weight is 382 g/mol. The molecule has 2 aromatic carbocycles. The smallest absolute Gasteiger partial charge is 0.360 e. The summed E-state index contributed by atoms with van der Waals surface area (Å²) in [6, 6.07) is 12.4. The van der Waals surface area contributed by atoms with Gasteiger partial charge in [0.05, 0.1) is 33.5 Å². The molecular weight excluding hydrogens is 360 g/mol. The maximum Gasteiger partial charge on any atom is 0.360 e. The molecule has 0 bridgehead atoms. The third-order valence-electron chi connectivity index (χ3n) is 4.90. The highest BCUT2D eigenvalue weighted by atomic mass is 16.5. The summed E-state index contributed by atoms with van der Waals surface area (Å²) >= 11 is 0. The fourth-order valence-corrected chi connectivity index (χ4v) is 3.39. The van der Waals surface area contributed by atoms with E-state index in [4.69, 9.17) is 13.9 Å². The van der Waals surface area contributed by atoms with Gasteiger partial charge in [-0.2, -0.15) is 0 Å². The lowest BCUT2D eigenvalue weighted by atomic mass is 10.0. The highest BCUT2D eigenvalue weighted by molar-refractivity contribution is 5.86. The number of fused-ring (bicyclic) bond motifs is 1. The lowest BCUT2D eigenvalue weighted by Gasteiger charge is -2.32. The van der Waals surface area contributed by atoms with Crippen LogP contribution >= 0.6 is 0 Å². The zero-order chi connectivity index (χ0) is 19.5. The highest BCUT2D eigenvalue weighted by Gasteiger charge is 2.24. The van der Waals surface area contributed by atoms with Crippen molar-refractivity contribution >= 4 is 16.7 Å². The summed E-state index contributed by atoms with van der Waals surface area (Å²) in [7, 11) is 2.99. The van der Waals surface area contributed by atoms with Gasteiger partial charge >= 0.3 is 5.97 Å². The molecule has 1 aliphatic heterocycles. The Kier molecular flexibility index (Phi) is 5.27. The monoisotopic (exact) mass is 382 g/mol. The molecule has 4 rings (SSSR count). The normalized spacial score (nSPS) is 17.6. The van der Waals surface area contributed by atoms with Gasteiger partial charge in [-0.3, -0.25) is 4.90 Å². The fraction of sp³-hybridized carbons (Fsp3) is 0.333. The van der Waals surface area contributed by atoms with E-state index >= 15 is 0 Å². The molecule has 0 radical (unpaired) electrons. The van der Waals surface area contributed by atoms with Crippen LogP contribution in [0.1, 0.15) is 28.0 Å². The number of methoxy groups -OCH3 is 2. The van der Waals surface area contributed by atoms with Crippen LogP contribution in [0.3, 0.4) is 0 Å². The first-order valence-corrected chi connectivity index (χ1v) is 9.10. The molecule has 28 heavy (non-hydrogen) atoms. The zero-order valence-electron chi connectivity index (χ0n) is 15.9. The number of esters is 1. The van der Waals surface area contributed by atoms with Crippen molar-refractivity contribution in [2.24, 2.45) is 0 Å². The maximum atomic E-state index is 11.5. The number of rotatable bonds is 5. The van der Waals surface area contributed by atoms with Gasteiger partial charge in [0, 0.05) is 13.1 Å². The Morgan fingerprint density at radius 3 is 2.86 bits per heavy atom. The number of carbonyl (C=O) groups excluding carboxylic acids is 1. The van der Waals surface area contributed by atoms with E-state index in [-0.39, 0.29) is 11.8 Å². The van der Waals surface area contributed by atoms with Crippen molar-refractivity contribution in [1.29, 1.82) is 0 Å². The van der Waals surface area contributed by atoms with Crippen LogP contribution in [0.4, 0.5) is 0 Å². The number of hydrogen-bond donors (Lipinski definition) is 0. The molecule has 146 valence electrons. The Bertz CT molecular complexity index is 984. The minimum absolute atomic E-state index is 0.0321. The Labute approximate surface area is 162 Å². The third-order valence-corrected chi connectivity index (χ3v) is 4.90. The summed E-state index contributed by atoms with van der Waals surface area (Å²) in [4.78, 5) is 17.9. The van der Waals surface area contributed by atoms with Crippen LogP contribution in [0.2, 0.25) is 0 Å². The second-order valence-electron chi connectivity index (χ2n) is 6.69. The molecule has 1 saturated heterocycles. The molecular formula is C21H22N2O5. The van der Waals surface area contributed by atoms with E-state index in [1.165, 1.54) is 13.4 Å². The molecule has 3 aromatic rings. The van der Waals surface area contributed by atoms with Crippen LogP contribution in [0.25, 0.3) is 10.8 Å². The van der Waals surface area contributed by atoms with Gasteiger partial charge in [0.25, 0.3) is 0 Å². The standard InChI is InChI=1S/C21H22N2O5/c1-25-17-6-5-14-9-16(4-3-15(14)10-17)19-11-23(7-8-27-19)12-20-22-18(13-28-20)21(24)26-2/h3-6,9-10,13,19H,7-8,11-12H2,1-2H3/t19-/m0/s1. The van der Waals surface area contributed by atoms with E-state index < -0.39 is 5.97 Å². The summed E-state index contributed by atoms with van der Waals surface area (Å²) < 4.78 is 21.3. The number of carbonyl (C=O) groups is 1. The van der Waals surface area contributed by atoms with Gasteiger partial charge in [-0.25, -0.2) is 9.78 Å². The highest BCUT2D eigenvalue weighted by Crippen LogP contribution is 2.28. The zero-order valence-corrected chi connectivity index (χ0v) is 15.9. The molecule has 0 N–H and O–H groups in total. The van der Waals surface area contributed by atoms with Crippen LogP contribution in [0.5, 0.6) is 5.75 Å². The summed E-state index contributed by atoms with van der Waals surface area (Å²) in [6.07, 6.45) is 1.30. The van der Waals surface area contributed by atoms with Gasteiger partial charge in [-0.05, 0) is 34.5 Å². The molecule has 1 fully saturated rings. The van der Waals surface area contributed by atoms with Crippen LogP contribution < -0.4 is 4.74 Å². The van der Waals surface area contributed by atoms with Gasteiger partial charge in [-0.15, -0.1) is 0 Å². The summed E-state index contributed by atoms with van der Waals surface area (Å²) in [5, 5.41) is 2.28. The minimum atomic E-state index is -0.498. The van der Waals surface area contributed by atoms with Gasteiger partial charge < -0.3 is 18.6 Å². The van der Waals surface area contributed by atoms with Gasteiger partial charge in [0.15, 0.2) is 5.69 Å². The number of ether oxygens (including phenoxy) is 3. The van der Waals surface area contributed by atoms with E-state index in [0.29, 0.717) is 19.0 Å². The van der Waals surface area contributed by atoms with Crippen molar-refractivity contribution in [1.82, 2.24) is 9.88 Å². The topological polar surface area (TPSA) is 74.0 Å². The van der Waals surface area contributed by atoms with Crippen molar-refractivity contribution in [3.8, 4) is 5.75 Å². The van der Waals surface area contributed by atoms with Gasteiger partial charge in [0.2, 0.25) is 5.89 Å². The number of morpholine rings is 1. The number of hydrogen-bond acceptors (Lipinski definition) is 7. The lowest BCUT2D eigenvalue weighted by molar-refractivity contribution is -0.0351. The van der Waals surface area contributed by atoms with Crippen LogP contribution in [-0.2, 0) is 16.0 Å². The van der Waals surface area contributed by atoms with Crippen molar-refractivity contribution in [2.45, 2.75) is 12.6 Å². The first kappa shape index (κ1) is 18.5.